The summed E-state index contributed by atoms with van der Waals surface area (Å²) in [6.45, 7) is 3.08. The summed E-state index contributed by atoms with van der Waals surface area (Å²) in [7, 11) is 0. The molecular weight excluding hydrogens is 324 g/mol. The third-order valence-corrected chi connectivity index (χ3v) is 4.20. The number of carbonyl (C=O) groups excluding carboxylic acids is 1. The monoisotopic (exact) mass is 346 g/mol. The van der Waals surface area contributed by atoms with Gasteiger partial charge in [0, 0.05) is 13.1 Å². The minimum Gasteiger partial charge on any atom is -0.392 e. The lowest BCUT2D eigenvalue weighted by Crippen LogP contribution is -2.39. The summed E-state index contributed by atoms with van der Waals surface area (Å²) in [4.78, 5) is 12.0. The molecule has 3 N–H and O–H groups in total. The maximum atomic E-state index is 12.0. The average molecular weight is 347 g/mol. The Bertz CT molecular complexity index is 688. The molecule has 0 radical (unpaired) electrons. The van der Waals surface area contributed by atoms with Crippen LogP contribution < -0.4 is 10.6 Å². The first kappa shape index (κ1) is 18.5. The molecule has 2 aromatic rings. The highest BCUT2D eigenvalue weighted by atomic mass is 35.5. The van der Waals surface area contributed by atoms with Crippen molar-refractivity contribution in [2.75, 3.05) is 6.54 Å². The number of aliphatic hydroxyl groups excluding tert-OH is 1. The van der Waals surface area contributed by atoms with Gasteiger partial charge in [0.25, 0.3) is 0 Å². The first-order valence-corrected chi connectivity index (χ1v) is 7.97. The van der Waals surface area contributed by atoms with E-state index in [1.54, 1.807) is 0 Å². The van der Waals surface area contributed by atoms with Crippen molar-refractivity contribution in [2.45, 2.75) is 32.0 Å². The molecule has 5 heteroatoms. The number of nitrogens with one attached hydrogen (secondary N) is 2. The molecule has 0 saturated carbocycles. The minimum atomic E-state index is -0.417. The zero-order chi connectivity index (χ0) is 16.2. The zero-order valence-electron chi connectivity index (χ0n) is 13.7. The Morgan fingerprint density at radius 1 is 1.21 bits per heavy atom. The molecule has 0 spiro atoms. The van der Waals surface area contributed by atoms with Crippen molar-refractivity contribution in [2.24, 2.45) is 0 Å². The van der Waals surface area contributed by atoms with Crippen LogP contribution >= 0.6 is 12.4 Å². The molecule has 1 amide bonds. The average Bonchev–Trinajstić information content (AvgIpc) is 3.00. The highest BCUT2D eigenvalue weighted by Crippen LogP contribution is 2.20. The van der Waals surface area contributed by atoms with Crippen LogP contribution in [0, 0.1) is 6.92 Å². The van der Waals surface area contributed by atoms with E-state index in [0.717, 1.165) is 5.56 Å². The summed E-state index contributed by atoms with van der Waals surface area (Å²) >= 11 is 0. The van der Waals surface area contributed by atoms with Crippen LogP contribution in [0.5, 0.6) is 0 Å². The van der Waals surface area contributed by atoms with Crippen LogP contribution in [0.3, 0.4) is 0 Å². The number of hydrogen-bond acceptors (Lipinski definition) is 3. The number of benzene rings is 2. The maximum Gasteiger partial charge on any atom is 0.237 e. The van der Waals surface area contributed by atoms with E-state index in [1.165, 1.54) is 16.7 Å². The number of hydrogen-bond donors (Lipinski definition) is 3. The van der Waals surface area contributed by atoms with E-state index in [2.05, 4.69) is 54.0 Å². The van der Waals surface area contributed by atoms with Gasteiger partial charge in [0.15, 0.2) is 0 Å². The smallest absolute Gasteiger partial charge is 0.237 e. The molecule has 3 rings (SSSR count). The molecule has 2 aromatic carbocycles. The van der Waals surface area contributed by atoms with Crippen LogP contribution in [0.2, 0.25) is 0 Å². The fraction of sp³-hybridized carbons (Fsp3) is 0.316. The number of halogens is 1. The summed E-state index contributed by atoms with van der Waals surface area (Å²) in [6.07, 6.45) is 0.0670. The molecule has 2 unspecified atom stereocenters. The Morgan fingerprint density at radius 3 is 2.58 bits per heavy atom. The Hall–Kier alpha value is -1.88. The predicted octanol–water partition coefficient (Wildman–Crippen LogP) is 2.42. The SMILES string of the molecule is Cc1cccc(-c2ccc(CNC(=O)C3CC(O)CN3)cc2)c1.Cl. The molecule has 2 atom stereocenters. The number of aryl methyl sites for hydroxylation is 1. The molecule has 128 valence electrons. The number of amides is 1. The van der Waals surface area contributed by atoms with Crippen LogP contribution in [0.15, 0.2) is 48.5 Å². The van der Waals surface area contributed by atoms with Gasteiger partial charge in [-0.05, 0) is 30.0 Å². The Labute approximate surface area is 148 Å². The van der Waals surface area contributed by atoms with Crippen molar-refractivity contribution in [3.8, 4) is 11.1 Å². The molecule has 1 aliphatic heterocycles. The quantitative estimate of drug-likeness (QED) is 0.796. The molecule has 0 bridgehead atoms. The first-order valence-electron chi connectivity index (χ1n) is 7.97. The highest BCUT2D eigenvalue weighted by Gasteiger charge is 2.27. The van der Waals surface area contributed by atoms with E-state index >= 15 is 0 Å². The molecule has 4 nitrogen and oxygen atoms in total. The molecule has 1 saturated heterocycles. The van der Waals surface area contributed by atoms with Gasteiger partial charge in [-0.3, -0.25) is 4.79 Å². The number of aliphatic hydroxyl groups is 1. The maximum absolute atomic E-state index is 12.0. The summed E-state index contributed by atoms with van der Waals surface area (Å²) in [5, 5.41) is 15.4. The van der Waals surface area contributed by atoms with Gasteiger partial charge in [-0.25, -0.2) is 0 Å². The van der Waals surface area contributed by atoms with Crippen molar-refractivity contribution in [3.63, 3.8) is 0 Å². The fourth-order valence-electron chi connectivity index (χ4n) is 2.87. The van der Waals surface area contributed by atoms with Gasteiger partial charge in [0.05, 0.1) is 12.1 Å². The van der Waals surface area contributed by atoms with Gasteiger partial charge in [-0.2, -0.15) is 0 Å². The molecule has 1 heterocycles. The topological polar surface area (TPSA) is 61.4 Å². The normalized spacial score (nSPS) is 19.6. The largest absolute Gasteiger partial charge is 0.392 e. The lowest BCUT2D eigenvalue weighted by molar-refractivity contribution is -0.123. The van der Waals surface area contributed by atoms with Gasteiger partial charge in [-0.1, -0.05) is 54.1 Å². The second-order valence-corrected chi connectivity index (χ2v) is 6.13. The third kappa shape index (κ3) is 4.57. The number of carbonyl (C=O) groups is 1. The Kier molecular flexibility index (Phi) is 6.37. The van der Waals surface area contributed by atoms with Crippen molar-refractivity contribution in [1.29, 1.82) is 0 Å². The van der Waals surface area contributed by atoms with Crippen LogP contribution in [-0.4, -0.2) is 29.7 Å². The van der Waals surface area contributed by atoms with Crippen molar-refractivity contribution in [1.82, 2.24) is 10.6 Å². The first-order chi connectivity index (χ1) is 11.1. The molecule has 0 aliphatic carbocycles. The van der Waals surface area contributed by atoms with Crippen LogP contribution in [0.4, 0.5) is 0 Å². The van der Waals surface area contributed by atoms with E-state index in [4.69, 9.17) is 0 Å². The summed E-state index contributed by atoms with van der Waals surface area (Å²) in [6, 6.07) is 16.3. The van der Waals surface area contributed by atoms with Crippen LogP contribution in [0.1, 0.15) is 17.5 Å². The van der Waals surface area contributed by atoms with E-state index in [9.17, 15) is 9.90 Å². The third-order valence-electron chi connectivity index (χ3n) is 4.20. The lowest BCUT2D eigenvalue weighted by atomic mass is 10.0. The van der Waals surface area contributed by atoms with Crippen molar-refractivity contribution >= 4 is 18.3 Å². The summed E-state index contributed by atoms with van der Waals surface area (Å²) < 4.78 is 0. The van der Waals surface area contributed by atoms with E-state index in [1.807, 2.05) is 12.1 Å². The number of rotatable bonds is 4. The highest BCUT2D eigenvalue weighted by molar-refractivity contribution is 5.85. The van der Waals surface area contributed by atoms with Crippen LogP contribution in [0.25, 0.3) is 11.1 Å². The van der Waals surface area contributed by atoms with Crippen LogP contribution in [-0.2, 0) is 11.3 Å². The zero-order valence-corrected chi connectivity index (χ0v) is 14.5. The van der Waals surface area contributed by atoms with Crippen molar-refractivity contribution < 1.29 is 9.90 Å². The van der Waals surface area contributed by atoms with E-state index < -0.39 is 6.10 Å². The summed E-state index contributed by atoms with van der Waals surface area (Å²) in [5.74, 6) is -0.0516. The van der Waals surface area contributed by atoms with Gasteiger partial charge in [0.2, 0.25) is 5.91 Å². The van der Waals surface area contributed by atoms with Crippen molar-refractivity contribution in [3.05, 3.63) is 59.7 Å². The van der Waals surface area contributed by atoms with Gasteiger partial charge in [0.1, 0.15) is 0 Å². The van der Waals surface area contributed by atoms with E-state index in [-0.39, 0.29) is 24.4 Å². The standard InChI is InChI=1S/C19H22N2O2.ClH/c1-13-3-2-4-16(9-13)15-7-5-14(6-8-15)11-21-19(23)18-10-17(22)12-20-18;/h2-9,17-18,20,22H,10-12H2,1H3,(H,21,23);1H. The minimum absolute atomic E-state index is 0. The van der Waals surface area contributed by atoms with Gasteiger partial charge in [-0.15, -0.1) is 12.4 Å². The lowest BCUT2D eigenvalue weighted by Gasteiger charge is -2.11. The second kappa shape index (κ2) is 8.29. The second-order valence-electron chi connectivity index (χ2n) is 6.13. The number of β-amino-alcohol motifs (C(OH)–C–C–N with tert-alkyl or cyclic N) is 1. The Balaban J connectivity index is 0.00000208. The summed E-state index contributed by atoms with van der Waals surface area (Å²) in [5.41, 5.74) is 4.67. The molecule has 1 aliphatic rings. The molecular formula is C19H23ClN2O2. The molecule has 1 fully saturated rings. The predicted molar refractivity (Wildman–Crippen MR) is 98.1 cm³/mol. The molecule has 0 aromatic heterocycles. The molecule has 24 heavy (non-hydrogen) atoms. The Morgan fingerprint density at radius 2 is 1.96 bits per heavy atom. The van der Waals surface area contributed by atoms with Gasteiger partial charge < -0.3 is 15.7 Å². The van der Waals surface area contributed by atoms with E-state index in [0.29, 0.717) is 19.5 Å². The fourth-order valence-corrected chi connectivity index (χ4v) is 2.87. The van der Waals surface area contributed by atoms with Gasteiger partial charge >= 0.3 is 0 Å².